The molecule has 1 N–H and O–H groups in total. The molecule has 5 rings (SSSR count). The summed E-state index contributed by atoms with van der Waals surface area (Å²) in [5, 5.41) is 3.82. The Kier molecular flexibility index (Phi) is 6.30. The minimum absolute atomic E-state index is 0.115. The Labute approximate surface area is 202 Å². The van der Waals surface area contributed by atoms with E-state index in [9.17, 15) is 9.18 Å². The van der Waals surface area contributed by atoms with Crippen LogP contribution in [0.5, 0.6) is 0 Å². The minimum Gasteiger partial charge on any atom is -0.349 e. The van der Waals surface area contributed by atoms with Crippen molar-refractivity contribution in [1.29, 1.82) is 0 Å². The van der Waals surface area contributed by atoms with Gasteiger partial charge in [-0.1, -0.05) is 23.7 Å². The van der Waals surface area contributed by atoms with Crippen LogP contribution in [0.15, 0.2) is 60.9 Å². The Morgan fingerprint density at radius 3 is 2.74 bits per heavy atom. The van der Waals surface area contributed by atoms with Gasteiger partial charge in [0, 0.05) is 43.6 Å². The van der Waals surface area contributed by atoms with Gasteiger partial charge in [0.15, 0.2) is 0 Å². The number of pyridine rings is 2. The molecule has 0 spiro atoms. The van der Waals surface area contributed by atoms with Gasteiger partial charge in [-0.25, -0.2) is 9.37 Å². The Hall–Kier alpha value is -3.29. The Balaban J connectivity index is 1.17. The highest BCUT2D eigenvalue weighted by Crippen LogP contribution is 2.21. The van der Waals surface area contributed by atoms with Crippen LogP contribution in [-0.2, 0) is 6.54 Å². The number of amides is 1. The number of aromatic nitrogens is 3. The molecule has 4 heterocycles. The number of hydrogen-bond donors (Lipinski definition) is 1. The van der Waals surface area contributed by atoms with E-state index in [1.807, 2.05) is 25.3 Å². The second kappa shape index (κ2) is 9.52. The van der Waals surface area contributed by atoms with Gasteiger partial charge in [-0.15, -0.1) is 0 Å². The topological polar surface area (TPSA) is 62.5 Å². The lowest BCUT2D eigenvalue weighted by Crippen LogP contribution is -2.44. The van der Waals surface area contributed by atoms with Gasteiger partial charge in [0.2, 0.25) is 0 Å². The number of likely N-dealkylation sites (tertiary alicyclic amines) is 1. The third kappa shape index (κ3) is 4.81. The zero-order chi connectivity index (χ0) is 23.7. The number of fused-ring (bicyclic) bond motifs is 1. The van der Waals surface area contributed by atoms with E-state index >= 15 is 0 Å². The summed E-state index contributed by atoms with van der Waals surface area (Å²) in [6, 6.07) is 13.6. The molecule has 0 radical (unpaired) electrons. The monoisotopic (exact) mass is 477 g/mol. The molecule has 1 aliphatic rings. The van der Waals surface area contributed by atoms with Gasteiger partial charge < -0.3 is 9.72 Å². The third-order valence-electron chi connectivity index (χ3n) is 6.32. The van der Waals surface area contributed by atoms with Crippen LogP contribution in [-0.4, -0.2) is 44.3 Å². The van der Waals surface area contributed by atoms with E-state index in [4.69, 9.17) is 11.6 Å². The highest BCUT2D eigenvalue weighted by atomic mass is 35.5. The molecule has 4 aromatic rings. The molecule has 8 heteroatoms. The quantitative estimate of drug-likeness (QED) is 0.444. The first-order chi connectivity index (χ1) is 16.5. The van der Waals surface area contributed by atoms with Crippen LogP contribution in [0.2, 0.25) is 5.02 Å². The van der Waals surface area contributed by atoms with Crippen LogP contribution in [0.25, 0.3) is 16.9 Å². The van der Waals surface area contributed by atoms with Gasteiger partial charge in [0.25, 0.3) is 5.91 Å². The maximum atomic E-state index is 13.5. The number of benzene rings is 1. The lowest BCUT2D eigenvalue weighted by Gasteiger charge is -2.32. The summed E-state index contributed by atoms with van der Waals surface area (Å²) in [4.78, 5) is 24.1. The van der Waals surface area contributed by atoms with Gasteiger partial charge in [-0.3, -0.25) is 14.7 Å². The largest absolute Gasteiger partial charge is 0.349 e. The van der Waals surface area contributed by atoms with Crippen molar-refractivity contribution in [3.05, 3.63) is 88.7 Å². The maximum Gasteiger partial charge on any atom is 0.253 e. The molecule has 1 aromatic carbocycles. The molecule has 0 bridgehead atoms. The Morgan fingerprint density at radius 1 is 1.18 bits per heavy atom. The van der Waals surface area contributed by atoms with E-state index in [-0.39, 0.29) is 17.8 Å². The molecule has 0 atom stereocenters. The number of carbonyl (C=O) groups excluding carboxylic acids is 1. The first-order valence-electron chi connectivity index (χ1n) is 11.3. The maximum absolute atomic E-state index is 13.5. The summed E-state index contributed by atoms with van der Waals surface area (Å²) in [7, 11) is 0. The lowest BCUT2D eigenvalue weighted by molar-refractivity contribution is 0.0908. The average molecular weight is 478 g/mol. The second-order valence-corrected chi connectivity index (χ2v) is 9.12. The highest BCUT2D eigenvalue weighted by Gasteiger charge is 2.23. The zero-order valence-corrected chi connectivity index (χ0v) is 19.6. The molecular weight excluding hydrogens is 453 g/mol. The zero-order valence-electron chi connectivity index (χ0n) is 18.8. The van der Waals surface area contributed by atoms with Crippen molar-refractivity contribution in [1.82, 2.24) is 24.6 Å². The van der Waals surface area contributed by atoms with Crippen LogP contribution >= 0.6 is 11.6 Å². The molecule has 0 aliphatic carbocycles. The van der Waals surface area contributed by atoms with E-state index in [0.717, 1.165) is 49.5 Å². The first-order valence-corrected chi connectivity index (χ1v) is 11.7. The van der Waals surface area contributed by atoms with Gasteiger partial charge in [-0.2, -0.15) is 0 Å². The molecule has 0 unspecified atom stereocenters. The first kappa shape index (κ1) is 22.5. The smallest absolute Gasteiger partial charge is 0.253 e. The molecule has 34 heavy (non-hydrogen) atoms. The van der Waals surface area contributed by atoms with E-state index in [1.54, 1.807) is 30.5 Å². The second-order valence-electron chi connectivity index (χ2n) is 8.69. The number of halogens is 2. The highest BCUT2D eigenvalue weighted by molar-refractivity contribution is 6.30. The van der Waals surface area contributed by atoms with Crippen LogP contribution in [0.3, 0.4) is 0 Å². The fourth-order valence-electron chi connectivity index (χ4n) is 4.44. The van der Waals surface area contributed by atoms with E-state index in [2.05, 4.69) is 24.6 Å². The van der Waals surface area contributed by atoms with Gasteiger partial charge in [0.05, 0.1) is 27.7 Å². The van der Waals surface area contributed by atoms with Crippen LogP contribution in [0.4, 0.5) is 4.39 Å². The fraction of sp³-hybridized carbons (Fsp3) is 0.269. The number of hydrogen-bond acceptors (Lipinski definition) is 4. The summed E-state index contributed by atoms with van der Waals surface area (Å²) < 4.78 is 15.5. The predicted molar refractivity (Wildman–Crippen MR) is 130 cm³/mol. The molecule has 1 fully saturated rings. The molecular formula is C26H25ClFN5O. The fourth-order valence-corrected chi connectivity index (χ4v) is 4.60. The summed E-state index contributed by atoms with van der Waals surface area (Å²) >= 11 is 6.18. The van der Waals surface area contributed by atoms with Crippen molar-refractivity contribution in [3.8, 4) is 11.3 Å². The average Bonchev–Trinajstić information content (AvgIpc) is 3.14. The van der Waals surface area contributed by atoms with E-state index in [0.29, 0.717) is 21.8 Å². The summed E-state index contributed by atoms with van der Waals surface area (Å²) in [6.07, 6.45) is 5.20. The van der Waals surface area contributed by atoms with Crippen LogP contribution in [0, 0.1) is 12.7 Å². The van der Waals surface area contributed by atoms with Gasteiger partial charge >= 0.3 is 0 Å². The van der Waals surface area contributed by atoms with Crippen molar-refractivity contribution in [2.75, 3.05) is 13.1 Å². The number of nitrogens with one attached hydrogen (secondary N) is 1. The van der Waals surface area contributed by atoms with Gasteiger partial charge in [0.1, 0.15) is 11.5 Å². The molecule has 1 aliphatic heterocycles. The molecule has 174 valence electrons. The number of aryl methyl sites for hydroxylation is 1. The molecule has 6 nitrogen and oxygen atoms in total. The predicted octanol–water partition coefficient (Wildman–Crippen LogP) is 4.89. The van der Waals surface area contributed by atoms with Crippen molar-refractivity contribution in [2.45, 2.75) is 32.4 Å². The van der Waals surface area contributed by atoms with E-state index in [1.165, 1.54) is 12.1 Å². The Morgan fingerprint density at radius 2 is 2.00 bits per heavy atom. The standard InChI is InChI=1S/C26H25ClFN5O/c1-17-24(33-15-20(27)6-8-25(33)30-17)16-32-11-9-22(10-12-32)31-26(34)19-5-7-23(29-14-19)18-3-2-4-21(28)13-18/h2-8,13-15,22H,9-12,16H2,1H3,(H,31,34). The molecule has 1 amide bonds. The van der Waals surface area contributed by atoms with E-state index < -0.39 is 0 Å². The summed E-state index contributed by atoms with van der Waals surface area (Å²) in [5.74, 6) is -0.447. The number of carbonyl (C=O) groups is 1. The summed E-state index contributed by atoms with van der Waals surface area (Å²) in [6.45, 7) is 4.58. The van der Waals surface area contributed by atoms with Crippen molar-refractivity contribution in [2.24, 2.45) is 0 Å². The third-order valence-corrected chi connectivity index (χ3v) is 6.55. The number of rotatable bonds is 5. The number of imidazole rings is 1. The van der Waals surface area contributed by atoms with Gasteiger partial charge in [-0.05, 0) is 56.2 Å². The molecule has 0 saturated carbocycles. The van der Waals surface area contributed by atoms with Crippen molar-refractivity contribution < 1.29 is 9.18 Å². The summed E-state index contributed by atoms with van der Waals surface area (Å²) in [5.41, 5.74) is 4.87. The molecule has 3 aromatic heterocycles. The van der Waals surface area contributed by atoms with Crippen molar-refractivity contribution in [3.63, 3.8) is 0 Å². The number of nitrogens with zero attached hydrogens (tertiary/aromatic N) is 4. The van der Waals surface area contributed by atoms with Crippen molar-refractivity contribution >= 4 is 23.2 Å². The normalized spacial score (nSPS) is 15.0. The number of piperidine rings is 1. The van der Waals surface area contributed by atoms with Crippen LogP contribution < -0.4 is 5.32 Å². The Bertz CT molecular complexity index is 1330. The SMILES string of the molecule is Cc1nc2ccc(Cl)cn2c1CN1CCC(NC(=O)c2ccc(-c3cccc(F)c3)nc2)CC1. The minimum atomic E-state index is -0.312. The van der Waals surface area contributed by atoms with Crippen LogP contribution in [0.1, 0.15) is 34.6 Å². The lowest BCUT2D eigenvalue weighted by atomic mass is 10.0. The molecule has 1 saturated heterocycles.